The number of carbonyl (C=O) groups is 1. The second kappa shape index (κ2) is 8.25. The fourth-order valence-corrected chi connectivity index (χ4v) is 3.93. The summed E-state index contributed by atoms with van der Waals surface area (Å²) in [6.07, 6.45) is 4.94. The molecule has 2 atom stereocenters. The molecule has 1 aromatic rings. The van der Waals surface area contributed by atoms with E-state index in [1.165, 1.54) is 0 Å². The lowest BCUT2D eigenvalue weighted by Crippen LogP contribution is -2.58. The minimum atomic E-state index is -0.0900. The zero-order valence-electron chi connectivity index (χ0n) is 15.3. The lowest BCUT2D eigenvalue weighted by atomic mass is 9.73. The summed E-state index contributed by atoms with van der Waals surface area (Å²) >= 11 is 0. The van der Waals surface area contributed by atoms with Crippen molar-refractivity contribution in [3.63, 3.8) is 0 Å². The molecular formula is C19H29N3O3. The summed E-state index contributed by atoms with van der Waals surface area (Å²) < 4.78 is 12.1. The first kappa shape index (κ1) is 18.3. The molecule has 3 heterocycles. The molecule has 0 saturated carbocycles. The number of amides is 1. The summed E-state index contributed by atoms with van der Waals surface area (Å²) in [5.74, 6) is 0.193. The van der Waals surface area contributed by atoms with Crippen LogP contribution in [-0.2, 0) is 20.9 Å². The van der Waals surface area contributed by atoms with Crippen molar-refractivity contribution in [2.45, 2.75) is 32.0 Å². The zero-order valence-corrected chi connectivity index (χ0v) is 15.3. The normalized spacial score (nSPS) is 26.5. The minimum Gasteiger partial charge on any atom is -0.377 e. The summed E-state index contributed by atoms with van der Waals surface area (Å²) in [5.41, 5.74) is 0.844. The molecule has 0 N–H and O–H groups in total. The fraction of sp³-hybridized carbons (Fsp3) is 0.684. The summed E-state index contributed by atoms with van der Waals surface area (Å²) in [6.45, 7) is 3.89. The third-order valence-electron chi connectivity index (χ3n) is 5.16. The van der Waals surface area contributed by atoms with Crippen LogP contribution in [0.15, 0.2) is 24.4 Å². The van der Waals surface area contributed by atoms with Crippen LogP contribution in [0.5, 0.6) is 0 Å². The number of ether oxygens (including phenoxy) is 2. The van der Waals surface area contributed by atoms with Gasteiger partial charge in [-0.1, -0.05) is 6.07 Å². The molecule has 0 bridgehead atoms. The van der Waals surface area contributed by atoms with Gasteiger partial charge in [-0.15, -0.1) is 0 Å². The van der Waals surface area contributed by atoms with Crippen LogP contribution < -0.4 is 0 Å². The van der Waals surface area contributed by atoms with E-state index in [4.69, 9.17) is 9.47 Å². The maximum atomic E-state index is 12.5. The summed E-state index contributed by atoms with van der Waals surface area (Å²) in [4.78, 5) is 20.7. The van der Waals surface area contributed by atoms with Crippen LogP contribution in [0.4, 0.5) is 0 Å². The Bertz CT molecular complexity index is 566. The number of rotatable bonds is 6. The van der Waals surface area contributed by atoms with E-state index in [0.717, 1.165) is 44.7 Å². The van der Waals surface area contributed by atoms with Crippen molar-refractivity contribution in [3.8, 4) is 0 Å². The second-order valence-electron chi connectivity index (χ2n) is 7.48. The van der Waals surface area contributed by atoms with E-state index in [0.29, 0.717) is 19.8 Å². The Morgan fingerprint density at radius 1 is 1.48 bits per heavy atom. The first-order valence-electron chi connectivity index (χ1n) is 9.11. The molecule has 25 heavy (non-hydrogen) atoms. The molecule has 0 spiro atoms. The van der Waals surface area contributed by atoms with Crippen molar-refractivity contribution in [2.24, 2.45) is 5.41 Å². The van der Waals surface area contributed by atoms with Gasteiger partial charge in [0.2, 0.25) is 5.91 Å². The average Bonchev–Trinajstić information content (AvgIpc) is 2.61. The molecule has 2 fully saturated rings. The Hall–Kier alpha value is -1.50. The number of piperidine rings is 1. The molecule has 2 unspecified atom stereocenters. The highest BCUT2D eigenvalue weighted by Crippen LogP contribution is 2.40. The van der Waals surface area contributed by atoms with Crippen LogP contribution in [0, 0.1) is 5.41 Å². The number of hydrogen-bond donors (Lipinski definition) is 0. The Labute approximate surface area is 150 Å². The van der Waals surface area contributed by atoms with Gasteiger partial charge in [0.05, 0.1) is 31.6 Å². The molecule has 1 aromatic heterocycles. The topological polar surface area (TPSA) is 54.9 Å². The fourth-order valence-electron chi connectivity index (χ4n) is 3.93. The van der Waals surface area contributed by atoms with Crippen molar-refractivity contribution < 1.29 is 14.3 Å². The second-order valence-corrected chi connectivity index (χ2v) is 7.48. The van der Waals surface area contributed by atoms with Gasteiger partial charge in [0.25, 0.3) is 0 Å². The van der Waals surface area contributed by atoms with Crippen LogP contribution in [-0.4, -0.2) is 73.7 Å². The Kier molecular flexibility index (Phi) is 6.04. The highest BCUT2D eigenvalue weighted by molar-refractivity contribution is 5.78. The quantitative estimate of drug-likeness (QED) is 0.782. The molecule has 6 heteroatoms. The van der Waals surface area contributed by atoms with Gasteiger partial charge in [-0.25, -0.2) is 0 Å². The largest absolute Gasteiger partial charge is 0.377 e. The predicted octanol–water partition coefficient (Wildman–Crippen LogP) is 1.56. The van der Waals surface area contributed by atoms with Gasteiger partial charge in [0.1, 0.15) is 0 Å². The molecule has 2 aliphatic rings. The highest BCUT2D eigenvalue weighted by Gasteiger charge is 2.47. The Balaban J connectivity index is 1.63. The Morgan fingerprint density at radius 2 is 2.36 bits per heavy atom. The van der Waals surface area contributed by atoms with Crippen LogP contribution in [0.1, 0.15) is 25.0 Å². The predicted molar refractivity (Wildman–Crippen MR) is 95.1 cm³/mol. The number of hydrogen-bond acceptors (Lipinski definition) is 5. The number of carbonyl (C=O) groups excluding carboxylic acids is 1. The third-order valence-corrected chi connectivity index (χ3v) is 5.16. The van der Waals surface area contributed by atoms with E-state index in [-0.39, 0.29) is 17.4 Å². The summed E-state index contributed by atoms with van der Waals surface area (Å²) in [7, 11) is 3.86. The maximum absolute atomic E-state index is 12.5. The maximum Gasteiger partial charge on any atom is 0.236 e. The van der Waals surface area contributed by atoms with Gasteiger partial charge < -0.3 is 19.3 Å². The van der Waals surface area contributed by atoms with E-state index in [9.17, 15) is 4.79 Å². The van der Waals surface area contributed by atoms with Gasteiger partial charge in [-0.2, -0.15) is 0 Å². The van der Waals surface area contributed by atoms with Gasteiger partial charge in [-0.3, -0.25) is 9.78 Å². The summed E-state index contributed by atoms with van der Waals surface area (Å²) in [5, 5.41) is 0. The number of likely N-dealkylation sites (N-methyl/N-ethyl adjacent to an activating group) is 1. The minimum absolute atomic E-state index is 0.0900. The van der Waals surface area contributed by atoms with Crippen molar-refractivity contribution in [1.29, 1.82) is 0 Å². The van der Waals surface area contributed by atoms with E-state index < -0.39 is 0 Å². The number of fused-ring (bicyclic) bond motifs is 1. The number of likely N-dealkylation sites (tertiary alicyclic amines) is 1. The zero-order chi connectivity index (χ0) is 17.7. The first-order chi connectivity index (χ1) is 12.1. The van der Waals surface area contributed by atoms with Gasteiger partial charge in [0, 0.05) is 31.3 Å². The lowest BCUT2D eigenvalue weighted by molar-refractivity contribution is -0.166. The average molecular weight is 347 g/mol. The van der Waals surface area contributed by atoms with Crippen LogP contribution >= 0.6 is 0 Å². The molecule has 0 radical (unpaired) electrons. The Morgan fingerprint density at radius 3 is 3.12 bits per heavy atom. The van der Waals surface area contributed by atoms with Crippen LogP contribution in [0.3, 0.4) is 0 Å². The lowest BCUT2D eigenvalue weighted by Gasteiger charge is -2.50. The third kappa shape index (κ3) is 4.57. The highest BCUT2D eigenvalue weighted by atomic mass is 16.5. The summed E-state index contributed by atoms with van der Waals surface area (Å²) in [6, 6.07) is 5.85. The van der Waals surface area contributed by atoms with Gasteiger partial charge in [-0.05, 0) is 45.5 Å². The van der Waals surface area contributed by atoms with Crippen molar-refractivity contribution >= 4 is 5.91 Å². The number of pyridine rings is 1. The van der Waals surface area contributed by atoms with Crippen molar-refractivity contribution in [3.05, 3.63) is 30.1 Å². The molecule has 2 aliphatic heterocycles. The standard InChI is InChI=1S/C19H29N3O3/c1-21(2)12-18(23)22-10-7-17-19(14-22,8-5-11-25-17)15-24-13-16-6-3-4-9-20-16/h3-4,6,9,17H,5,7-8,10-15H2,1-2H3. The SMILES string of the molecule is CN(C)CC(=O)N1CCC2OCCCC2(COCc2ccccn2)C1. The smallest absolute Gasteiger partial charge is 0.236 e. The molecule has 0 aliphatic carbocycles. The van der Waals surface area contributed by atoms with Gasteiger partial charge >= 0.3 is 0 Å². The van der Waals surface area contributed by atoms with Crippen molar-refractivity contribution in [1.82, 2.24) is 14.8 Å². The van der Waals surface area contributed by atoms with E-state index in [1.54, 1.807) is 6.20 Å². The number of nitrogens with zero attached hydrogens (tertiary/aromatic N) is 3. The number of aromatic nitrogens is 1. The van der Waals surface area contributed by atoms with Crippen LogP contribution in [0.2, 0.25) is 0 Å². The first-order valence-corrected chi connectivity index (χ1v) is 9.11. The molecule has 2 saturated heterocycles. The molecule has 0 aromatic carbocycles. The van der Waals surface area contributed by atoms with Gasteiger partial charge in [0.15, 0.2) is 0 Å². The van der Waals surface area contributed by atoms with E-state index in [2.05, 4.69) is 4.98 Å². The monoisotopic (exact) mass is 347 g/mol. The molecule has 3 rings (SSSR count). The molecule has 1 amide bonds. The van der Waals surface area contributed by atoms with Crippen LogP contribution in [0.25, 0.3) is 0 Å². The van der Waals surface area contributed by atoms with E-state index in [1.807, 2.05) is 42.1 Å². The molecular weight excluding hydrogens is 318 g/mol. The molecule has 6 nitrogen and oxygen atoms in total. The van der Waals surface area contributed by atoms with E-state index >= 15 is 0 Å². The van der Waals surface area contributed by atoms with Crippen molar-refractivity contribution in [2.75, 3.05) is 46.9 Å². The molecule has 138 valence electrons.